The molecule has 0 aliphatic carbocycles. The molecule has 22 heavy (non-hydrogen) atoms. The monoisotopic (exact) mass is 340 g/mol. The maximum Gasteiger partial charge on any atom is 0.272 e. The van der Waals surface area contributed by atoms with Crippen molar-refractivity contribution in [2.45, 2.75) is 24.2 Å². The van der Waals surface area contributed by atoms with Crippen LogP contribution in [0.5, 0.6) is 0 Å². The fourth-order valence-corrected chi connectivity index (χ4v) is 3.89. The number of carbonyl (C=O) groups excluding carboxylic acids is 1. The second-order valence-electron chi connectivity index (χ2n) is 4.52. The van der Waals surface area contributed by atoms with Crippen LogP contribution in [-0.4, -0.2) is 35.9 Å². The summed E-state index contributed by atoms with van der Waals surface area (Å²) in [4.78, 5) is 11.3. The fraction of sp³-hybridized carbons (Fsp3) is 0.308. The molecule has 0 aliphatic rings. The summed E-state index contributed by atoms with van der Waals surface area (Å²) in [6, 6.07) is 9.25. The molecule has 1 aromatic heterocycles. The quantitative estimate of drug-likeness (QED) is 0.808. The van der Waals surface area contributed by atoms with E-state index in [0.29, 0.717) is 0 Å². The Bertz CT molecular complexity index is 744. The van der Waals surface area contributed by atoms with Gasteiger partial charge in [0.2, 0.25) is 15.4 Å². The van der Waals surface area contributed by atoms with Crippen molar-refractivity contribution >= 4 is 32.4 Å². The van der Waals surface area contributed by atoms with Gasteiger partial charge in [0, 0.05) is 20.0 Å². The molecule has 1 N–H and O–H groups in total. The predicted molar refractivity (Wildman–Crippen MR) is 83.9 cm³/mol. The smallest absolute Gasteiger partial charge is 0.272 e. The lowest BCUT2D eigenvalue weighted by Crippen LogP contribution is -2.26. The molecule has 118 valence electrons. The summed E-state index contributed by atoms with van der Waals surface area (Å²) >= 11 is 0.839. The van der Waals surface area contributed by atoms with E-state index in [0.717, 1.165) is 16.9 Å². The molecule has 0 radical (unpaired) electrons. The van der Waals surface area contributed by atoms with E-state index in [-0.39, 0.29) is 28.3 Å². The molecule has 2 aromatic rings. The Kier molecular flexibility index (Phi) is 5.22. The molecule has 0 unspecified atom stereocenters. The van der Waals surface area contributed by atoms with Crippen molar-refractivity contribution in [3.05, 3.63) is 35.9 Å². The number of hydrogen-bond donors (Lipinski definition) is 1. The first kappa shape index (κ1) is 16.5. The van der Waals surface area contributed by atoms with E-state index in [1.165, 1.54) is 11.4 Å². The highest BCUT2D eigenvalue weighted by Gasteiger charge is 2.26. The number of aromatic nitrogens is 2. The van der Waals surface area contributed by atoms with Crippen LogP contribution in [0.4, 0.5) is 5.13 Å². The van der Waals surface area contributed by atoms with Crippen molar-refractivity contribution in [1.29, 1.82) is 0 Å². The minimum absolute atomic E-state index is 0.141. The third kappa shape index (κ3) is 3.87. The number of nitrogens with zero attached hydrogens (tertiary/aromatic N) is 3. The van der Waals surface area contributed by atoms with Crippen LogP contribution in [0.3, 0.4) is 0 Å². The summed E-state index contributed by atoms with van der Waals surface area (Å²) in [7, 11) is -2.25. The van der Waals surface area contributed by atoms with Gasteiger partial charge in [0.1, 0.15) is 0 Å². The van der Waals surface area contributed by atoms with E-state index >= 15 is 0 Å². The average molecular weight is 340 g/mol. The van der Waals surface area contributed by atoms with Gasteiger partial charge in [-0.1, -0.05) is 48.6 Å². The molecule has 2 rings (SSSR count). The molecule has 9 heteroatoms. The van der Waals surface area contributed by atoms with E-state index in [1.807, 2.05) is 30.3 Å². The first-order valence-electron chi connectivity index (χ1n) is 6.57. The molecule has 1 heterocycles. The molecular weight excluding hydrogens is 324 g/mol. The molecule has 0 atom stereocenters. The minimum atomic E-state index is -3.73. The first-order valence-corrected chi connectivity index (χ1v) is 8.82. The Hall–Kier alpha value is -1.84. The summed E-state index contributed by atoms with van der Waals surface area (Å²) in [6.07, 6.45) is 0.287. The van der Waals surface area contributed by atoms with Crippen LogP contribution in [0.1, 0.15) is 18.9 Å². The number of amides is 1. The number of hydrogen-bond acceptors (Lipinski definition) is 6. The van der Waals surface area contributed by atoms with Crippen molar-refractivity contribution in [3.63, 3.8) is 0 Å². The largest absolute Gasteiger partial charge is 0.301 e. The number of anilines is 1. The van der Waals surface area contributed by atoms with Crippen molar-refractivity contribution in [1.82, 2.24) is 14.5 Å². The predicted octanol–water partition coefficient (Wildman–Crippen LogP) is 1.71. The Balaban J connectivity index is 2.14. The van der Waals surface area contributed by atoms with Gasteiger partial charge in [-0.3, -0.25) is 4.79 Å². The molecule has 0 saturated heterocycles. The summed E-state index contributed by atoms with van der Waals surface area (Å²) < 4.78 is 25.9. The lowest BCUT2D eigenvalue weighted by Gasteiger charge is -2.14. The molecule has 1 aromatic carbocycles. The molecule has 0 spiro atoms. The third-order valence-electron chi connectivity index (χ3n) is 2.85. The second-order valence-corrected chi connectivity index (χ2v) is 7.72. The number of sulfonamides is 1. The maximum absolute atomic E-state index is 12.4. The minimum Gasteiger partial charge on any atom is -0.301 e. The number of carbonyl (C=O) groups is 1. The van der Waals surface area contributed by atoms with Crippen LogP contribution in [0.25, 0.3) is 0 Å². The van der Waals surface area contributed by atoms with Gasteiger partial charge < -0.3 is 5.32 Å². The molecule has 7 nitrogen and oxygen atoms in total. The lowest BCUT2D eigenvalue weighted by atomic mass is 10.2. The molecule has 0 saturated carbocycles. The normalized spacial score (nSPS) is 11.6. The summed E-state index contributed by atoms with van der Waals surface area (Å²) in [5.74, 6) is -0.238. The van der Waals surface area contributed by atoms with Gasteiger partial charge in [0.15, 0.2) is 0 Å². The fourth-order valence-electron chi connectivity index (χ4n) is 1.63. The molecule has 0 fully saturated rings. The van der Waals surface area contributed by atoms with Gasteiger partial charge >= 0.3 is 0 Å². The van der Waals surface area contributed by atoms with Gasteiger partial charge in [-0.15, -0.1) is 10.2 Å². The van der Waals surface area contributed by atoms with Gasteiger partial charge in [-0.25, -0.2) is 8.42 Å². The summed E-state index contributed by atoms with van der Waals surface area (Å²) in [5, 5.41) is 10.0. The zero-order valence-electron chi connectivity index (χ0n) is 12.2. The van der Waals surface area contributed by atoms with Gasteiger partial charge in [-0.2, -0.15) is 4.31 Å². The van der Waals surface area contributed by atoms with E-state index in [4.69, 9.17) is 0 Å². The number of nitrogens with one attached hydrogen (secondary N) is 1. The number of rotatable bonds is 6. The Morgan fingerprint density at radius 2 is 1.95 bits per heavy atom. The second kappa shape index (κ2) is 6.95. The Morgan fingerprint density at radius 1 is 1.27 bits per heavy atom. The van der Waals surface area contributed by atoms with Crippen LogP contribution in [-0.2, 0) is 21.4 Å². The van der Waals surface area contributed by atoms with Crippen LogP contribution in [0.15, 0.2) is 34.7 Å². The summed E-state index contributed by atoms with van der Waals surface area (Å²) in [5.41, 5.74) is 0.873. The van der Waals surface area contributed by atoms with Crippen LogP contribution < -0.4 is 5.32 Å². The first-order chi connectivity index (χ1) is 10.4. The zero-order chi connectivity index (χ0) is 16.2. The highest BCUT2D eigenvalue weighted by Crippen LogP contribution is 2.23. The maximum atomic E-state index is 12.4. The SMILES string of the molecule is CCC(=O)Nc1nnc(S(=O)(=O)N(C)Cc2ccccc2)s1. The topological polar surface area (TPSA) is 92.3 Å². The van der Waals surface area contributed by atoms with Gasteiger partial charge in [-0.05, 0) is 5.56 Å². The summed E-state index contributed by atoms with van der Waals surface area (Å²) in [6.45, 7) is 1.93. The van der Waals surface area contributed by atoms with Crippen molar-refractivity contribution in [2.24, 2.45) is 0 Å². The number of benzene rings is 1. The van der Waals surface area contributed by atoms with Crippen LogP contribution >= 0.6 is 11.3 Å². The van der Waals surface area contributed by atoms with Crippen LogP contribution in [0.2, 0.25) is 0 Å². The molecule has 0 aliphatic heterocycles. The van der Waals surface area contributed by atoms with E-state index in [1.54, 1.807) is 6.92 Å². The highest BCUT2D eigenvalue weighted by molar-refractivity contribution is 7.91. The van der Waals surface area contributed by atoms with E-state index < -0.39 is 10.0 Å². The zero-order valence-corrected chi connectivity index (χ0v) is 13.8. The Labute approximate surface area is 133 Å². The lowest BCUT2D eigenvalue weighted by molar-refractivity contribution is -0.115. The molecule has 1 amide bonds. The molecular formula is C13H16N4O3S2. The highest BCUT2D eigenvalue weighted by atomic mass is 32.2. The van der Waals surface area contributed by atoms with Crippen LogP contribution in [0, 0.1) is 0 Å². The van der Waals surface area contributed by atoms with Crippen molar-refractivity contribution in [2.75, 3.05) is 12.4 Å². The Morgan fingerprint density at radius 3 is 2.59 bits per heavy atom. The van der Waals surface area contributed by atoms with Crippen molar-refractivity contribution in [3.8, 4) is 0 Å². The third-order valence-corrected chi connectivity index (χ3v) is 5.84. The van der Waals surface area contributed by atoms with E-state index in [2.05, 4.69) is 15.5 Å². The van der Waals surface area contributed by atoms with Gasteiger partial charge in [0.05, 0.1) is 0 Å². The van der Waals surface area contributed by atoms with E-state index in [9.17, 15) is 13.2 Å². The average Bonchev–Trinajstić information content (AvgIpc) is 2.97. The molecule has 0 bridgehead atoms. The van der Waals surface area contributed by atoms with Crippen molar-refractivity contribution < 1.29 is 13.2 Å². The standard InChI is InChI=1S/C13H16N4O3S2/c1-3-11(18)14-12-15-16-13(21-12)22(19,20)17(2)9-10-7-5-4-6-8-10/h4-8H,3,9H2,1-2H3,(H,14,15,18). The van der Waals surface area contributed by atoms with Gasteiger partial charge in [0.25, 0.3) is 10.0 Å².